The molecule has 0 aromatic heterocycles. The van der Waals surface area contributed by atoms with Crippen LogP contribution in [-0.2, 0) is 4.74 Å². The Morgan fingerprint density at radius 3 is 2.56 bits per heavy atom. The third-order valence-corrected chi connectivity index (χ3v) is 1.96. The topological polar surface area (TPSA) is 21.6 Å². The van der Waals surface area contributed by atoms with Gasteiger partial charge in [-0.05, 0) is 12.8 Å². The Bertz CT molecular complexity index is 327. The minimum absolute atomic E-state index is 0.467. The van der Waals surface area contributed by atoms with Gasteiger partial charge in [0, 0.05) is 10.6 Å². The van der Waals surface area contributed by atoms with Gasteiger partial charge in [0.2, 0.25) is 0 Å². The fourth-order valence-electron chi connectivity index (χ4n) is 1.09. The molecule has 0 aromatic carbocycles. The van der Waals surface area contributed by atoms with Crippen LogP contribution in [0, 0.1) is 0 Å². The third-order valence-electron chi connectivity index (χ3n) is 1.75. The van der Waals surface area contributed by atoms with E-state index in [2.05, 4.69) is 18.2 Å². The molecule has 0 fully saturated rings. The molecule has 0 aromatic rings. The predicted octanol–water partition coefficient (Wildman–Crippen LogP) is 4.21. The average molecular weight is 240 g/mol. The molecule has 88 valence electrons. The van der Waals surface area contributed by atoms with E-state index in [-0.39, 0.29) is 0 Å². The highest BCUT2D eigenvalue weighted by atomic mass is 35.5. The van der Waals surface area contributed by atoms with Crippen LogP contribution in [0.5, 0.6) is 0 Å². The van der Waals surface area contributed by atoms with Gasteiger partial charge in [-0.1, -0.05) is 43.3 Å². The Morgan fingerprint density at radius 2 is 2.12 bits per heavy atom. The van der Waals surface area contributed by atoms with E-state index in [1.165, 1.54) is 6.40 Å². The first kappa shape index (κ1) is 14.7. The van der Waals surface area contributed by atoms with Crippen molar-refractivity contribution < 1.29 is 4.74 Å². The lowest BCUT2D eigenvalue weighted by atomic mass is 10.1. The Kier molecular flexibility index (Phi) is 8.26. The van der Waals surface area contributed by atoms with Gasteiger partial charge in [0.15, 0.2) is 6.40 Å². The number of methoxy groups -OCH3 is 1. The number of ether oxygens (including phenoxy) is 1. The van der Waals surface area contributed by atoms with Crippen molar-refractivity contribution in [3.8, 4) is 0 Å². The smallest absolute Gasteiger partial charge is 0.174 e. The Balaban J connectivity index is 5.10. The summed E-state index contributed by atoms with van der Waals surface area (Å²) in [6.45, 7) is 9.42. The maximum Gasteiger partial charge on any atom is 0.174 e. The Hall–Kier alpha value is -1.28. The normalized spacial score (nSPS) is 12.9. The van der Waals surface area contributed by atoms with Crippen molar-refractivity contribution >= 4 is 18.0 Å². The van der Waals surface area contributed by atoms with Crippen LogP contribution in [0.25, 0.3) is 0 Å². The van der Waals surface area contributed by atoms with E-state index in [0.29, 0.717) is 5.03 Å². The number of aliphatic imine (C=N–C) groups is 1. The molecule has 0 atom stereocenters. The molecule has 0 radical (unpaired) electrons. The fraction of sp³-hybridized carbons (Fsp3) is 0.308. The molecular weight excluding hydrogens is 222 g/mol. The lowest BCUT2D eigenvalue weighted by Gasteiger charge is -2.05. The van der Waals surface area contributed by atoms with Crippen molar-refractivity contribution in [3.63, 3.8) is 0 Å². The summed E-state index contributed by atoms with van der Waals surface area (Å²) in [7, 11) is 1.55. The van der Waals surface area contributed by atoms with Gasteiger partial charge in [-0.15, -0.1) is 6.58 Å². The van der Waals surface area contributed by atoms with Crippen molar-refractivity contribution in [2.45, 2.75) is 19.8 Å². The summed E-state index contributed by atoms with van der Waals surface area (Å²) in [5.41, 5.74) is 1.59. The molecule has 3 heteroatoms. The zero-order chi connectivity index (χ0) is 12.4. The van der Waals surface area contributed by atoms with Crippen LogP contribution in [0.1, 0.15) is 19.8 Å². The zero-order valence-electron chi connectivity index (χ0n) is 9.87. The quantitative estimate of drug-likeness (QED) is 0.282. The van der Waals surface area contributed by atoms with Crippen LogP contribution in [-0.4, -0.2) is 13.5 Å². The van der Waals surface area contributed by atoms with Gasteiger partial charge in [-0.3, -0.25) is 0 Å². The highest BCUT2D eigenvalue weighted by Gasteiger charge is 2.05. The van der Waals surface area contributed by atoms with Crippen molar-refractivity contribution in [3.05, 3.63) is 47.7 Å². The molecule has 0 N–H and O–H groups in total. The molecule has 0 heterocycles. The van der Waals surface area contributed by atoms with E-state index in [1.807, 2.05) is 19.1 Å². The molecule has 16 heavy (non-hydrogen) atoms. The molecule has 2 nitrogen and oxygen atoms in total. The molecule has 0 saturated carbocycles. The van der Waals surface area contributed by atoms with E-state index >= 15 is 0 Å². The second-order valence-corrected chi connectivity index (χ2v) is 3.47. The molecule has 0 bridgehead atoms. The molecule has 0 saturated heterocycles. The van der Waals surface area contributed by atoms with Crippen LogP contribution in [0.2, 0.25) is 0 Å². The first-order chi connectivity index (χ1) is 7.67. The SMILES string of the molecule is C=CC/C=C(C(=C)Cl)\C(=C/CC)N=COC. The number of hydrogen-bond donors (Lipinski definition) is 0. The van der Waals surface area contributed by atoms with Gasteiger partial charge in [0.05, 0.1) is 12.8 Å². The Morgan fingerprint density at radius 1 is 1.44 bits per heavy atom. The molecule has 0 aliphatic rings. The van der Waals surface area contributed by atoms with Gasteiger partial charge in [0.25, 0.3) is 0 Å². The summed E-state index contributed by atoms with van der Waals surface area (Å²) in [6.07, 6.45) is 8.68. The van der Waals surface area contributed by atoms with Crippen LogP contribution in [0.15, 0.2) is 52.7 Å². The van der Waals surface area contributed by atoms with Gasteiger partial charge >= 0.3 is 0 Å². The summed E-state index contributed by atoms with van der Waals surface area (Å²) < 4.78 is 4.80. The summed E-state index contributed by atoms with van der Waals surface area (Å²) in [5.74, 6) is 0. The zero-order valence-corrected chi connectivity index (χ0v) is 10.6. The predicted molar refractivity (Wildman–Crippen MR) is 71.8 cm³/mol. The highest BCUT2D eigenvalue weighted by Crippen LogP contribution is 2.23. The molecule has 0 aliphatic heterocycles. The lowest BCUT2D eigenvalue weighted by Crippen LogP contribution is -1.90. The fourth-order valence-corrected chi connectivity index (χ4v) is 1.26. The first-order valence-corrected chi connectivity index (χ1v) is 5.46. The summed E-state index contributed by atoms with van der Waals surface area (Å²) in [4.78, 5) is 4.17. The standard InChI is InChI=1S/C13H18ClNO/c1-5-7-9-12(11(3)14)13(8-6-2)15-10-16-4/h5,8-10H,1,3,6-7H2,2,4H3/b12-9-,13-8+,15-10?. The third kappa shape index (κ3) is 5.56. The minimum Gasteiger partial charge on any atom is -0.486 e. The van der Waals surface area contributed by atoms with Gasteiger partial charge in [-0.2, -0.15) is 0 Å². The number of nitrogens with zero attached hydrogens (tertiary/aromatic N) is 1. The minimum atomic E-state index is 0.467. The van der Waals surface area contributed by atoms with Crippen molar-refractivity contribution in [2.24, 2.45) is 4.99 Å². The Labute approximate surface area is 103 Å². The second-order valence-electron chi connectivity index (χ2n) is 3.01. The molecule has 0 spiro atoms. The molecular formula is C13H18ClNO. The van der Waals surface area contributed by atoms with Gasteiger partial charge in [0.1, 0.15) is 0 Å². The average Bonchev–Trinajstić information content (AvgIpc) is 2.25. The van der Waals surface area contributed by atoms with E-state index in [1.54, 1.807) is 13.2 Å². The molecule has 0 amide bonds. The number of rotatable bonds is 7. The van der Waals surface area contributed by atoms with Crippen molar-refractivity contribution in [2.75, 3.05) is 7.11 Å². The highest BCUT2D eigenvalue weighted by molar-refractivity contribution is 6.32. The maximum atomic E-state index is 5.94. The van der Waals surface area contributed by atoms with Crippen LogP contribution in [0.3, 0.4) is 0 Å². The van der Waals surface area contributed by atoms with Crippen LogP contribution in [0.4, 0.5) is 0 Å². The summed E-state index contributed by atoms with van der Waals surface area (Å²) in [6, 6.07) is 0. The molecule has 0 rings (SSSR count). The largest absolute Gasteiger partial charge is 0.486 e. The van der Waals surface area contributed by atoms with Crippen LogP contribution >= 0.6 is 11.6 Å². The van der Waals surface area contributed by atoms with Gasteiger partial charge < -0.3 is 4.74 Å². The summed E-state index contributed by atoms with van der Waals surface area (Å²) in [5, 5.41) is 0.467. The molecule has 0 aliphatic carbocycles. The maximum absolute atomic E-state index is 5.94. The van der Waals surface area contributed by atoms with Crippen LogP contribution < -0.4 is 0 Å². The van der Waals surface area contributed by atoms with E-state index in [0.717, 1.165) is 24.1 Å². The first-order valence-electron chi connectivity index (χ1n) is 5.09. The lowest BCUT2D eigenvalue weighted by molar-refractivity contribution is 0.422. The summed E-state index contributed by atoms with van der Waals surface area (Å²) >= 11 is 5.94. The van der Waals surface area contributed by atoms with E-state index < -0.39 is 0 Å². The monoisotopic (exact) mass is 239 g/mol. The number of halogens is 1. The van der Waals surface area contributed by atoms with E-state index in [4.69, 9.17) is 16.3 Å². The van der Waals surface area contributed by atoms with Crippen molar-refractivity contribution in [1.29, 1.82) is 0 Å². The van der Waals surface area contributed by atoms with E-state index in [9.17, 15) is 0 Å². The molecule has 0 unspecified atom stereocenters. The van der Waals surface area contributed by atoms with Crippen molar-refractivity contribution in [1.82, 2.24) is 0 Å². The number of hydrogen-bond acceptors (Lipinski definition) is 2. The van der Waals surface area contributed by atoms with Gasteiger partial charge in [-0.25, -0.2) is 4.99 Å². The number of allylic oxidation sites excluding steroid dienone is 4. The second kappa shape index (κ2) is 8.98.